The van der Waals surface area contributed by atoms with E-state index in [0.717, 1.165) is 51.4 Å². The lowest BCUT2D eigenvalue weighted by molar-refractivity contribution is -0.141. The van der Waals surface area contributed by atoms with E-state index >= 15 is 0 Å². The van der Waals surface area contributed by atoms with Gasteiger partial charge in [-0.3, -0.25) is 9.59 Å². The molecule has 2 aliphatic carbocycles. The second-order valence-electron chi connectivity index (χ2n) is 6.11. The van der Waals surface area contributed by atoms with E-state index in [2.05, 4.69) is 0 Å². The summed E-state index contributed by atoms with van der Waals surface area (Å²) in [6.07, 6.45) is 13.3. The number of rotatable bonds is 3. The molecule has 2 heteroatoms. The summed E-state index contributed by atoms with van der Waals surface area (Å²) in [5.41, 5.74) is 0. The quantitative estimate of drug-likeness (QED) is 0.559. The minimum atomic E-state index is -0.0243. The van der Waals surface area contributed by atoms with Crippen LogP contribution in [0.5, 0.6) is 0 Å². The summed E-state index contributed by atoms with van der Waals surface area (Å²) in [6, 6.07) is 0. The molecule has 0 saturated heterocycles. The largest absolute Gasteiger partial charge is 0.291 e. The van der Waals surface area contributed by atoms with Gasteiger partial charge in [0, 0.05) is 11.8 Å². The molecule has 0 aromatic carbocycles. The van der Waals surface area contributed by atoms with Gasteiger partial charge in [-0.2, -0.15) is 0 Å². The van der Waals surface area contributed by atoms with Gasteiger partial charge < -0.3 is 0 Å². The van der Waals surface area contributed by atoms with Gasteiger partial charge in [0.1, 0.15) is 0 Å². The van der Waals surface area contributed by atoms with Crippen LogP contribution >= 0.6 is 0 Å². The molecule has 0 heterocycles. The summed E-state index contributed by atoms with van der Waals surface area (Å²) >= 11 is 0. The molecule has 0 spiro atoms. The monoisotopic (exact) mass is 250 g/mol. The fraction of sp³-hybridized carbons (Fsp3) is 0.875. The maximum absolute atomic E-state index is 12.3. The molecule has 0 atom stereocenters. The number of hydrogen-bond acceptors (Lipinski definition) is 2. The van der Waals surface area contributed by atoms with Crippen molar-refractivity contribution in [2.45, 2.75) is 77.0 Å². The Morgan fingerprint density at radius 1 is 0.500 bits per heavy atom. The van der Waals surface area contributed by atoms with Gasteiger partial charge in [-0.15, -0.1) is 0 Å². The molecule has 2 aliphatic rings. The van der Waals surface area contributed by atoms with Crippen molar-refractivity contribution < 1.29 is 9.59 Å². The van der Waals surface area contributed by atoms with Gasteiger partial charge in [0.05, 0.1) is 0 Å². The van der Waals surface area contributed by atoms with Crippen LogP contribution in [0.25, 0.3) is 0 Å². The predicted molar refractivity (Wildman–Crippen MR) is 72.4 cm³/mol. The van der Waals surface area contributed by atoms with Crippen LogP contribution in [0, 0.1) is 11.8 Å². The van der Waals surface area contributed by atoms with Crippen LogP contribution in [0.1, 0.15) is 77.0 Å². The fourth-order valence-corrected chi connectivity index (χ4v) is 3.49. The zero-order valence-corrected chi connectivity index (χ0v) is 11.5. The molecular weight excluding hydrogens is 224 g/mol. The first-order chi connectivity index (χ1) is 8.79. The third-order valence-electron chi connectivity index (χ3n) is 4.69. The maximum atomic E-state index is 12.3. The third-order valence-corrected chi connectivity index (χ3v) is 4.69. The molecule has 0 aromatic heterocycles. The maximum Gasteiger partial charge on any atom is 0.201 e. The molecule has 0 amide bonds. The van der Waals surface area contributed by atoms with Gasteiger partial charge >= 0.3 is 0 Å². The Kier molecular flexibility index (Phi) is 5.40. The smallest absolute Gasteiger partial charge is 0.201 e. The summed E-state index contributed by atoms with van der Waals surface area (Å²) in [5.74, 6) is 0.0686. The van der Waals surface area contributed by atoms with E-state index < -0.39 is 0 Å². The Bertz CT molecular complexity index is 249. The Morgan fingerprint density at radius 2 is 0.778 bits per heavy atom. The molecule has 0 aromatic rings. The van der Waals surface area contributed by atoms with E-state index in [0.29, 0.717) is 0 Å². The molecule has 2 rings (SSSR count). The van der Waals surface area contributed by atoms with Crippen molar-refractivity contribution in [2.24, 2.45) is 11.8 Å². The predicted octanol–water partition coefficient (Wildman–Crippen LogP) is 4.07. The Labute approximate surface area is 111 Å². The van der Waals surface area contributed by atoms with Crippen LogP contribution in [0.2, 0.25) is 0 Å². The number of hydrogen-bond donors (Lipinski definition) is 0. The van der Waals surface area contributed by atoms with Gasteiger partial charge in [0.25, 0.3) is 0 Å². The van der Waals surface area contributed by atoms with E-state index in [1.165, 1.54) is 25.7 Å². The average molecular weight is 250 g/mol. The summed E-state index contributed by atoms with van der Waals surface area (Å²) in [7, 11) is 0. The van der Waals surface area contributed by atoms with Crippen molar-refractivity contribution in [2.75, 3.05) is 0 Å². The fourth-order valence-electron chi connectivity index (χ4n) is 3.49. The Hall–Kier alpha value is -0.660. The molecule has 102 valence electrons. The lowest BCUT2D eigenvalue weighted by atomic mass is 9.85. The minimum absolute atomic E-state index is 0.0243. The van der Waals surface area contributed by atoms with Gasteiger partial charge in [0.2, 0.25) is 11.6 Å². The molecule has 2 fully saturated rings. The zero-order valence-electron chi connectivity index (χ0n) is 11.5. The van der Waals surface area contributed by atoms with Crippen molar-refractivity contribution in [1.82, 2.24) is 0 Å². The van der Waals surface area contributed by atoms with Gasteiger partial charge in [-0.05, 0) is 25.7 Å². The van der Waals surface area contributed by atoms with Crippen LogP contribution in [0.4, 0.5) is 0 Å². The van der Waals surface area contributed by atoms with Crippen LogP contribution in [0.15, 0.2) is 0 Å². The average Bonchev–Trinajstić information content (AvgIpc) is 2.81. The van der Waals surface area contributed by atoms with Crippen LogP contribution in [-0.2, 0) is 9.59 Å². The number of ketones is 2. The lowest BCUT2D eigenvalue weighted by Gasteiger charge is -2.16. The molecule has 2 nitrogen and oxygen atoms in total. The normalized spacial score (nSPS) is 24.2. The van der Waals surface area contributed by atoms with E-state index in [4.69, 9.17) is 0 Å². The van der Waals surface area contributed by atoms with Crippen molar-refractivity contribution in [3.05, 3.63) is 0 Å². The Morgan fingerprint density at radius 3 is 1.06 bits per heavy atom. The van der Waals surface area contributed by atoms with Crippen LogP contribution in [-0.4, -0.2) is 11.6 Å². The highest BCUT2D eigenvalue weighted by atomic mass is 16.2. The lowest BCUT2D eigenvalue weighted by Crippen LogP contribution is -2.29. The number of Topliss-reactive ketones (excluding diaryl/α,β-unsaturated/α-hetero) is 2. The topological polar surface area (TPSA) is 34.1 Å². The highest BCUT2D eigenvalue weighted by Gasteiger charge is 2.31. The van der Waals surface area contributed by atoms with E-state index in [1.54, 1.807) is 0 Å². The van der Waals surface area contributed by atoms with E-state index in [9.17, 15) is 9.59 Å². The molecule has 18 heavy (non-hydrogen) atoms. The van der Waals surface area contributed by atoms with Crippen molar-refractivity contribution in [1.29, 1.82) is 0 Å². The first-order valence-corrected chi connectivity index (χ1v) is 7.87. The number of carbonyl (C=O) groups is 2. The van der Waals surface area contributed by atoms with Crippen molar-refractivity contribution in [3.8, 4) is 0 Å². The zero-order chi connectivity index (χ0) is 12.8. The first-order valence-electron chi connectivity index (χ1n) is 7.87. The molecule has 0 radical (unpaired) electrons. The summed E-state index contributed by atoms with van der Waals surface area (Å²) in [6.45, 7) is 0. The number of carbonyl (C=O) groups excluding carboxylic acids is 2. The van der Waals surface area contributed by atoms with Gasteiger partial charge in [-0.25, -0.2) is 0 Å². The van der Waals surface area contributed by atoms with Gasteiger partial charge in [-0.1, -0.05) is 51.4 Å². The second kappa shape index (κ2) is 7.06. The molecule has 0 bridgehead atoms. The van der Waals surface area contributed by atoms with Crippen molar-refractivity contribution >= 4 is 11.6 Å². The van der Waals surface area contributed by atoms with E-state index in [-0.39, 0.29) is 23.4 Å². The standard InChI is InChI=1S/C16H26O2/c17-15(13-9-5-1-2-6-10-13)16(18)14-11-7-3-4-8-12-14/h13-14H,1-12H2. The third kappa shape index (κ3) is 3.66. The molecule has 0 aliphatic heterocycles. The van der Waals surface area contributed by atoms with E-state index in [1.807, 2.05) is 0 Å². The highest BCUT2D eigenvalue weighted by molar-refractivity contribution is 6.38. The molecule has 0 unspecified atom stereocenters. The molecule has 2 saturated carbocycles. The summed E-state index contributed by atoms with van der Waals surface area (Å²) in [5, 5.41) is 0. The summed E-state index contributed by atoms with van der Waals surface area (Å²) < 4.78 is 0. The van der Waals surface area contributed by atoms with Gasteiger partial charge in [0.15, 0.2) is 0 Å². The first kappa shape index (κ1) is 13.8. The van der Waals surface area contributed by atoms with Crippen molar-refractivity contribution in [3.63, 3.8) is 0 Å². The second-order valence-corrected chi connectivity index (χ2v) is 6.11. The highest BCUT2D eigenvalue weighted by Crippen LogP contribution is 2.28. The minimum Gasteiger partial charge on any atom is -0.291 e. The molecular formula is C16H26O2. The summed E-state index contributed by atoms with van der Waals surface area (Å²) in [4.78, 5) is 24.6. The Balaban J connectivity index is 1.91. The SMILES string of the molecule is O=C(C(=O)C1CCCCCC1)C1CCCCCC1. The van der Waals surface area contributed by atoms with Crippen LogP contribution in [0.3, 0.4) is 0 Å². The molecule has 0 N–H and O–H groups in total. The van der Waals surface area contributed by atoms with Crippen LogP contribution < -0.4 is 0 Å².